The van der Waals surface area contributed by atoms with E-state index in [0.29, 0.717) is 16.7 Å². The molecular weight excluding hydrogens is 376 g/mol. The highest BCUT2D eigenvalue weighted by Crippen LogP contribution is 2.66. The van der Waals surface area contributed by atoms with Crippen LogP contribution in [0.1, 0.15) is 65.7 Å². The van der Waals surface area contributed by atoms with Gasteiger partial charge in [0, 0.05) is 25.4 Å². The predicted molar refractivity (Wildman–Crippen MR) is 104 cm³/mol. The highest BCUT2D eigenvalue weighted by molar-refractivity contribution is 5.76. The number of carbonyl (C=O) groups is 2. The lowest BCUT2D eigenvalue weighted by atomic mass is 9.43. The van der Waals surface area contributed by atoms with Crippen LogP contribution in [0.2, 0.25) is 0 Å². The highest BCUT2D eigenvalue weighted by atomic mass is 16.7. The van der Waals surface area contributed by atoms with Gasteiger partial charge in [0.05, 0.1) is 18.2 Å². The third kappa shape index (κ3) is 3.80. The Morgan fingerprint density at radius 2 is 1.69 bits per heavy atom. The third-order valence-electron chi connectivity index (χ3n) is 7.66. The van der Waals surface area contributed by atoms with E-state index in [2.05, 4.69) is 24.5 Å². The summed E-state index contributed by atoms with van der Waals surface area (Å²) in [5.41, 5.74) is 0.580. The Balaban J connectivity index is 1.53. The number of amides is 1. The molecule has 29 heavy (non-hydrogen) atoms. The molecule has 5 rings (SSSR count). The van der Waals surface area contributed by atoms with E-state index >= 15 is 0 Å². The molecule has 8 nitrogen and oxygen atoms in total. The maximum atomic E-state index is 11.6. The van der Waals surface area contributed by atoms with E-state index in [9.17, 15) is 24.9 Å². The van der Waals surface area contributed by atoms with Gasteiger partial charge in [-0.2, -0.15) is 0 Å². The Hall–Kier alpha value is -1.22. The largest absolute Gasteiger partial charge is 0.477 e. The second kappa shape index (κ2) is 6.64. The number of carboxylic acids is 1. The van der Waals surface area contributed by atoms with Crippen LogP contribution < -0.4 is 10.6 Å². The molecule has 5 fully saturated rings. The minimum atomic E-state index is -2.46. The van der Waals surface area contributed by atoms with Crippen molar-refractivity contribution >= 4 is 11.9 Å². The van der Waals surface area contributed by atoms with Gasteiger partial charge in [-0.1, -0.05) is 13.8 Å². The average molecular weight is 411 g/mol. The van der Waals surface area contributed by atoms with Gasteiger partial charge < -0.3 is 30.7 Å². The van der Waals surface area contributed by atoms with Crippen molar-refractivity contribution in [2.75, 3.05) is 6.54 Å². The van der Waals surface area contributed by atoms with Crippen LogP contribution in [0.15, 0.2) is 0 Å². The minimum Gasteiger partial charge on any atom is -0.477 e. The molecule has 0 spiro atoms. The van der Waals surface area contributed by atoms with Gasteiger partial charge in [0.2, 0.25) is 5.91 Å². The van der Waals surface area contributed by atoms with Crippen molar-refractivity contribution in [2.24, 2.45) is 16.7 Å². The summed E-state index contributed by atoms with van der Waals surface area (Å²) in [7, 11) is 0. The summed E-state index contributed by atoms with van der Waals surface area (Å²) >= 11 is 0. The number of carboxylic acid groups (broad SMARTS) is 1. The number of aliphatic hydroxyl groups excluding tert-OH is 1. The molecule has 1 saturated heterocycles. The minimum absolute atomic E-state index is 0.0449. The van der Waals surface area contributed by atoms with Gasteiger partial charge in [-0.05, 0) is 55.3 Å². The van der Waals surface area contributed by atoms with Crippen LogP contribution in [0.4, 0.5) is 0 Å². The summed E-state index contributed by atoms with van der Waals surface area (Å²) in [6, 6.07) is -0.778. The van der Waals surface area contributed by atoms with Gasteiger partial charge in [0.15, 0.2) is 0 Å². The number of hydrogen-bond acceptors (Lipinski definition) is 6. The molecule has 8 heteroatoms. The van der Waals surface area contributed by atoms with Crippen molar-refractivity contribution in [1.82, 2.24) is 10.6 Å². The number of nitrogens with one attached hydrogen (secondary N) is 2. The lowest BCUT2D eigenvalue weighted by molar-refractivity contribution is -0.276. The number of aliphatic hydroxyl groups is 2. The van der Waals surface area contributed by atoms with Crippen molar-refractivity contribution in [2.45, 2.75) is 95.3 Å². The van der Waals surface area contributed by atoms with Gasteiger partial charge in [-0.3, -0.25) is 4.79 Å². The van der Waals surface area contributed by atoms with Crippen LogP contribution in [0.5, 0.6) is 0 Å². The first-order chi connectivity index (χ1) is 13.4. The topological polar surface area (TPSA) is 128 Å². The maximum absolute atomic E-state index is 11.6. The molecule has 6 atom stereocenters. The Morgan fingerprint density at radius 1 is 1.07 bits per heavy atom. The standard InChI is InChI=1S/C21H34N2O6/c1-12(24)23-16-14(25)7-21(28,17(26)27)29-15(16)8-22-20-6-13-4-18(2,10-20)9-19(3,5-13)11-20/h13-16,22,25,28H,4-11H2,1-3H3,(H,23,24)(H,26,27). The van der Waals surface area contributed by atoms with E-state index < -0.39 is 36.4 Å². The first-order valence-electron chi connectivity index (χ1n) is 10.7. The zero-order valence-corrected chi connectivity index (χ0v) is 17.5. The summed E-state index contributed by atoms with van der Waals surface area (Å²) in [6.07, 6.45) is 4.42. The Bertz CT molecular complexity index is 695. The molecule has 0 radical (unpaired) electrons. The van der Waals surface area contributed by atoms with Crippen molar-refractivity contribution in [3.8, 4) is 0 Å². The normalized spacial score (nSPS) is 51.1. The molecule has 4 bridgehead atoms. The van der Waals surface area contributed by atoms with Crippen molar-refractivity contribution in [3.05, 3.63) is 0 Å². The van der Waals surface area contributed by atoms with Crippen molar-refractivity contribution in [3.63, 3.8) is 0 Å². The smallest absolute Gasteiger partial charge is 0.364 e. The summed E-state index contributed by atoms with van der Waals surface area (Å²) < 4.78 is 5.55. The lowest BCUT2D eigenvalue weighted by Gasteiger charge is -2.65. The maximum Gasteiger partial charge on any atom is 0.364 e. The lowest BCUT2D eigenvalue weighted by Crippen LogP contribution is -2.68. The molecule has 0 aromatic carbocycles. The van der Waals surface area contributed by atoms with E-state index in [1.165, 1.54) is 26.2 Å². The number of carbonyl (C=O) groups excluding carboxylic acids is 1. The van der Waals surface area contributed by atoms with Crippen molar-refractivity contribution in [1.29, 1.82) is 0 Å². The number of ether oxygens (including phenoxy) is 1. The molecule has 5 N–H and O–H groups in total. The molecule has 0 aromatic heterocycles. The van der Waals surface area contributed by atoms with Crippen molar-refractivity contribution < 1.29 is 29.6 Å². The first kappa shape index (κ1) is 21.0. The van der Waals surface area contributed by atoms with E-state index in [-0.39, 0.29) is 18.0 Å². The average Bonchev–Trinajstić information content (AvgIpc) is 2.52. The van der Waals surface area contributed by atoms with Crippen LogP contribution in [-0.4, -0.2) is 63.3 Å². The predicted octanol–water partition coefficient (Wildman–Crippen LogP) is 0.753. The molecule has 6 unspecified atom stereocenters. The summed E-state index contributed by atoms with van der Waals surface area (Å²) in [4.78, 5) is 23.1. The van der Waals surface area contributed by atoms with E-state index in [1.54, 1.807) is 0 Å². The van der Waals surface area contributed by atoms with Gasteiger partial charge >= 0.3 is 5.97 Å². The van der Waals surface area contributed by atoms with E-state index in [4.69, 9.17) is 4.74 Å². The molecule has 164 valence electrons. The summed E-state index contributed by atoms with van der Waals surface area (Å²) in [6.45, 7) is 6.35. The monoisotopic (exact) mass is 410 g/mol. The number of aliphatic carboxylic acids is 1. The molecule has 1 aliphatic heterocycles. The third-order valence-corrected chi connectivity index (χ3v) is 7.66. The molecule has 1 amide bonds. The number of hydrogen-bond donors (Lipinski definition) is 5. The fraction of sp³-hybridized carbons (Fsp3) is 0.905. The quantitative estimate of drug-likeness (QED) is 0.452. The highest BCUT2D eigenvalue weighted by Gasteiger charge is 2.60. The zero-order chi connectivity index (χ0) is 21.2. The van der Waals surface area contributed by atoms with Crippen LogP contribution in [0, 0.1) is 16.7 Å². The molecule has 0 aromatic rings. The molecule has 4 aliphatic carbocycles. The molecule has 4 saturated carbocycles. The Kier molecular flexibility index (Phi) is 4.81. The Labute approximate surface area is 171 Å². The second-order valence-electron chi connectivity index (χ2n) is 11.0. The van der Waals surface area contributed by atoms with E-state index in [1.807, 2.05) is 0 Å². The van der Waals surface area contributed by atoms with Gasteiger partial charge in [0.1, 0.15) is 0 Å². The molecular formula is C21H34N2O6. The van der Waals surface area contributed by atoms with E-state index in [0.717, 1.165) is 19.3 Å². The molecule has 5 aliphatic rings. The summed E-state index contributed by atoms with van der Waals surface area (Å²) in [5, 5.41) is 36.5. The van der Waals surface area contributed by atoms with Gasteiger partial charge in [0.25, 0.3) is 5.79 Å². The Morgan fingerprint density at radius 3 is 2.21 bits per heavy atom. The van der Waals surface area contributed by atoms with Gasteiger partial charge in [-0.25, -0.2) is 4.79 Å². The zero-order valence-electron chi connectivity index (χ0n) is 17.5. The fourth-order valence-electron chi connectivity index (χ4n) is 7.72. The van der Waals surface area contributed by atoms with Crippen LogP contribution in [0.3, 0.4) is 0 Å². The second-order valence-corrected chi connectivity index (χ2v) is 11.0. The summed E-state index contributed by atoms with van der Waals surface area (Å²) in [5.74, 6) is -3.63. The fourth-order valence-corrected chi connectivity index (χ4v) is 7.72. The van der Waals surface area contributed by atoms with Crippen LogP contribution >= 0.6 is 0 Å². The number of rotatable bonds is 5. The van der Waals surface area contributed by atoms with Crippen LogP contribution in [-0.2, 0) is 14.3 Å². The SMILES string of the molecule is CC(=O)NC1C(O)CC(O)(C(=O)O)OC1CNC12CC3CC(C)(CC(C)(C3)C1)C2. The first-order valence-corrected chi connectivity index (χ1v) is 10.7. The van der Waals surface area contributed by atoms with Gasteiger partial charge in [-0.15, -0.1) is 0 Å². The van der Waals surface area contributed by atoms with Crippen LogP contribution in [0.25, 0.3) is 0 Å². The molecule has 1 heterocycles.